The van der Waals surface area contributed by atoms with Gasteiger partial charge in [-0.3, -0.25) is 15.0 Å². The van der Waals surface area contributed by atoms with Crippen LogP contribution in [-0.2, 0) is 9.53 Å². The number of likely N-dealkylation sites (tertiary alicyclic amines) is 1. The number of amides is 1. The normalized spacial score (nSPS) is 12.2. The minimum Gasteiger partial charge on any atom is -0.465 e. The van der Waals surface area contributed by atoms with Gasteiger partial charge in [0.1, 0.15) is 12.4 Å². The molecule has 3 N–H and O–H groups in total. The van der Waals surface area contributed by atoms with E-state index in [1.54, 1.807) is 30.0 Å². The van der Waals surface area contributed by atoms with Crippen molar-refractivity contribution in [3.63, 3.8) is 0 Å². The maximum absolute atomic E-state index is 12.7. The number of anilines is 1. The van der Waals surface area contributed by atoms with Gasteiger partial charge in [-0.25, -0.2) is 0 Å². The average molecular weight is 483 g/mol. The standard InChI is InChI=1S/C26H30N4O3.ClH/c1-3-33-24(31)18-30(22-10-6-9-21(17-22)25(27)28)15-7-8-20-11-12-23(19(2)16-20)26(32)29-13-4-5-14-29;/h6,9-12,16-17H,3-5,13-15,18H2,1-2H3,(H3,27,28);1H. The second-order valence-electron chi connectivity index (χ2n) is 7.96. The van der Waals surface area contributed by atoms with Gasteiger partial charge in [0.15, 0.2) is 0 Å². The Kier molecular flexibility index (Phi) is 9.96. The number of ether oxygens (including phenoxy) is 1. The number of nitrogens with two attached hydrogens (primary N) is 1. The largest absolute Gasteiger partial charge is 0.465 e. The lowest BCUT2D eigenvalue weighted by Gasteiger charge is -2.22. The maximum Gasteiger partial charge on any atom is 0.325 e. The van der Waals surface area contributed by atoms with Crippen LogP contribution in [0.25, 0.3) is 0 Å². The van der Waals surface area contributed by atoms with Crippen LogP contribution in [0.2, 0.25) is 0 Å². The summed E-state index contributed by atoms with van der Waals surface area (Å²) in [5.41, 5.74) is 9.33. The van der Waals surface area contributed by atoms with Crippen molar-refractivity contribution in [3.05, 3.63) is 64.7 Å². The van der Waals surface area contributed by atoms with Crippen LogP contribution in [0.5, 0.6) is 0 Å². The van der Waals surface area contributed by atoms with E-state index in [4.69, 9.17) is 15.9 Å². The third kappa shape index (κ3) is 7.00. The molecule has 1 aliphatic heterocycles. The molecule has 180 valence electrons. The lowest BCUT2D eigenvalue weighted by atomic mass is 10.0. The van der Waals surface area contributed by atoms with Crippen LogP contribution in [0.15, 0.2) is 42.5 Å². The van der Waals surface area contributed by atoms with Crippen LogP contribution in [0.4, 0.5) is 5.69 Å². The number of hydrogen-bond donors (Lipinski definition) is 2. The first-order chi connectivity index (χ1) is 15.9. The van der Waals surface area contributed by atoms with E-state index in [0.717, 1.165) is 42.7 Å². The number of nitrogens with zero attached hydrogens (tertiary/aromatic N) is 2. The summed E-state index contributed by atoms with van der Waals surface area (Å²) >= 11 is 0. The molecule has 0 aromatic heterocycles. The minimum absolute atomic E-state index is 0. The molecule has 1 fully saturated rings. The molecule has 0 atom stereocenters. The summed E-state index contributed by atoms with van der Waals surface area (Å²) in [7, 11) is 0. The van der Waals surface area contributed by atoms with E-state index in [9.17, 15) is 9.59 Å². The van der Waals surface area contributed by atoms with E-state index in [-0.39, 0.29) is 43.2 Å². The molecule has 0 spiro atoms. The van der Waals surface area contributed by atoms with Crippen molar-refractivity contribution in [1.82, 2.24) is 4.90 Å². The quantitative estimate of drug-likeness (QED) is 0.273. The zero-order valence-electron chi connectivity index (χ0n) is 19.6. The molecular weight excluding hydrogens is 452 g/mol. The fraction of sp³-hybridized carbons (Fsp3) is 0.346. The summed E-state index contributed by atoms with van der Waals surface area (Å²) in [5.74, 6) is 5.93. The number of hydrogen-bond acceptors (Lipinski definition) is 5. The number of rotatable bonds is 7. The van der Waals surface area contributed by atoms with E-state index < -0.39 is 0 Å². The van der Waals surface area contributed by atoms with Crippen molar-refractivity contribution in [2.45, 2.75) is 26.7 Å². The highest BCUT2D eigenvalue weighted by atomic mass is 35.5. The smallest absolute Gasteiger partial charge is 0.325 e. The first kappa shape index (κ1) is 26.7. The van der Waals surface area contributed by atoms with Gasteiger partial charge in [0.25, 0.3) is 5.91 Å². The Bertz CT molecular complexity index is 1100. The molecule has 0 aliphatic carbocycles. The summed E-state index contributed by atoms with van der Waals surface area (Å²) in [6, 6.07) is 12.7. The molecular formula is C26H31ClN4O3. The summed E-state index contributed by atoms with van der Waals surface area (Å²) in [6.07, 6.45) is 2.12. The molecule has 1 heterocycles. The SMILES string of the molecule is CCOC(=O)CN(CC#Cc1ccc(C(=O)N2CCCC2)c(C)c1)c1cccc(C(=N)N)c1.Cl. The number of halogens is 1. The van der Waals surface area contributed by atoms with Crippen molar-refractivity contribution in [2.24, 2.45) is 5.73 Å². The Labute approximate surface area is 207 Å². The van der Waals surface area contributed by atoms with Gasteiger partial charge in [0, 0.05) is 35.5 Å². The zero-order valence-corrected chi connectivity index (χ0v) is 20.4. The Morgan fingerprint density at radius 3 is 2.56 bits per heavy atom. The third-order valence-corrected chi connectivity index (χ3v) is 5.50. The average Bonchev–Trinajstić information content (AvgIpc) is 3.33. The summed E-state index contributed by atoms with van der Waals surface area (Å²) < 4.78 is 5.10. The Balaban J connectivity index is 0.00000408. The molecule has 2 aromatic carbocycles. The molecule has 0 radical (unpaired) electrons. The Morgan fingerprint density at radius 1 is 1.18 bits per heavy atom. The van der Waals surface area contributed by atoms with Crippen molar-refractivity contribution >= 4 is 35.8 Å². The number of carbonyl (C=O) groups is 2. The van der Waals surface area contributed by atoms with Gasteiger partial charge in [0.2, 0.25) is 0 Å². The third-order valence-electron chi connectivity index (χ3n) is 5.50. The second kappa shape index (κ2) is 12.7. The highest BCUT2D eigenvalue weighted by Crippen LogP contribution is 2.18. The molecule has 0 bridgehead atoms. The Hall–Kier alpha value is -3.50. The van der Waals surface area contributed by atoms with Gasteiger partial charge in [0.05, 0.1) is 13.2 Å². The van der Waals surface area contributed by atoms with Gasteiger partial charge in [-0.1, -0.05) is 24.0 Å². The predicted molar refractivity (Wildman–Crippen MR) is 137 cm³/mol. The highest BCUT2D eigenvalue weighted by molar-refractivity contribution is 5.96. The first-order valence-electron chi connectivity index (χ1n) is 11.1. The van der Waals surface area contributed by atoms with Crippen molar-refractivity contribution < 1.29 is 14.3 Å². The van der Waals surface area contributed by atoms with Crippen LogP contribution in [0, 0.1) is 24.2 Å². The van der Waals surface area contributed by atoms with E-state index >= 15 is 0 Å². The molecule has 0 saturated carbocycles. The lowest BCUT2D eigenvalue weighted by Crippen LogP contribution is -2.31. The van der Waals surface area contributed by atoms with Gasteiger partial charge >= 0.3 is 5.97 Å². The highest BCUT2D eigenvalue weighted by Gasteiger charge is 2.20. The van der Waals surface area contributed by atoms with Crippen molar-refractivity contribution in [3.8, 4) is 11.8 Å². The van der Waals surface area contributed by atoms with E-state index in [2.05, 4.69) is 11.8 Å². The number of benzene rings is 2. The van der Waals surface area contributed by atoms with Gasteiger partial charge in [-0.05, 0) is 62.6 Å². The fourth-order valence-electron chi connectivity index (χ4n) is 3.78. The van der Waals surface area contributed by atoms with Crippen LogP contribution in [-0.4, -0.2) is 55.4 Å². The summed E-state index contributed by atoms with van der Waals surface area (Å²) in [5, 5.41) is 7.67. The van der Waals surface area contributed by atoms with E-state index in [1.165, 1.54) is 0 Å². The van der Waals surface area contributed by atoms with Crippen molar-refractivity contribution in [1.29, 1.82) is 5.41 Å². The Morgan fingerprint density at radius 2 is 1.91 bits per heavy atom. The molecule has 2 aromatic rings. The summed E-state index contributed by atoms with van der Waals surface area (Å²) in [6.45, 7) is 5.95. The van der Waals surface area contributed by atoms with Crippen LogP contribution >= 0.6 is 12.4 Å². The minimum atomic E-state index is -0.354. The molecule has 3 rings (SSSR count). The topological polar surface area (TPSA) is 99.7 Å². The zero-order chi connectivity index (χ0) is 23.8. The molecule has 0 unspecified atom stereocenters. The van der Waals surface area contributed by atoms with Crippen LogP contribution in [0.1, 0.15) is 46.8 Å². The maximum atomic E-state index is 12.7. The first-order valence-corrected chi connectivity index (χ1v) is 11.1. The van der Waals surface area contributed by atoms with Gasteiger partial charge < -0.3 is 20.3 Å². The van der Waals surface area contributed by atoms with Gasteiger partial charge in [-0.15, -0.1) is 12.4 Å². The molecule has 7 nitrogen and oxygen atoms in total. The van der Waals surface area contributed by atoms with Crippen LogP contribution < -0.4 is 10.6 Å². The number of aryl methyl sites for hydroxylation is 1. The number of carbonyl (C=O) groups excluding carboxylic acids is 2. The van der Waals surface area contributed by atoms with E-state index in [1.807, 2.05) is 36.1 Å². The van der Waals surface area contributed by atoms with Crippen molar-refractivity contribution in [2.75, 3.05) is 37.7 Å². The number of amidine groups is 1. The molecule has 1 aliphatic rings. The number of esters is 1. The molecule has 1 saturated heterocycles. The van der Waals surface area contributed by atoms with Crippen LogP contribution in [0.3, 0.4) is 0 Å². The monoisotopic (exact) mass is 482 g/mol. The second-order valence-corrected chi connectivity index (χ2v) is 7.96. The lowest BCUT2D eigenvalue weighted by molar-refractivity contribution is -0.141. The van der Waals surface area contributed by atoms with Gasteiger partial charge in [-0.2, -0.15) is 0 Å². The molecule has 34 heavy (non-hydrogen) atoms. The molecule has 8 heteroatoms. The summed E-state index contributed by atoms with van der Waals surface area (Å²) in [4.78, 5) is 28.5. The van der Waals surface area contributed by atoms with E-state index in [0.29, 0.717) is 17.7 Å². The number of nitrogen functional groups attached to an aromatic ring is 1. The number of nitrogens with one attached hydrogen (secondary N) is 1. The predicted octanol–water partition coefficient (Wildman–Crippen LogP) is 3.36. The fourth-order valence-corrected chi connectivity index (χ4v) is 3.78. The molecule has 1 amide bonds.